The molecule has 2 aromatic rings. The molecule has 27 heavy (non-hydrogen) atoms. The molecule has 0 bridgehead atoms. The Labute approximate surface area is 165 Å². The highest BCUT2D eigenvalue weighted by Gasteiger charge is 2.16. The summed E-state index contributed by atoms with van der Waals surface area (Å²) in [6.45, 7) is 9.12. The van der Waals surface area contributed by atoms with Crippen LogP contribution in [0.25, 0.3) is 11.4 Å². The number of hydrogen-bond donors (Lipinski definition) is 2. The number of carbonyl (C=O) groups is 1. The number of nitrogens with one attached hydrogen (secondary N) is 2. The van der Waals surface area contributed by atoms with Gasteiger partial charge in [0.25, 0.3) is 5.91 Å². The Morgan fingerprint density at radius 3 is 2.63 bits per heavy atom. The summed E-state index contributed by atoms with van der Waals surface area (Å²) in [5.74, 6) is 1.56. The van der Waals surface area contributed by atoms with Crippen molar-refractivity contribution in [2.75, 3.05) is 20.7 Å². The minimum absolute atomic E-state index is 0.00919. The fourth-order valence-electron chi connectivity index (χ4n) is 2.75. The highest BCUT2D eigenvalue weighted by molar-refractivity contribution is 7.71. The van der Waals surface area contributed by atoms with Crippen molar-refractivity contribution in [2.24, 2.45) is 0 Å². The average molecular weight is 391 g/mol. The number of rotatable bonds is 9. The summed E-state index contributed by atoms with van der Waals surface area (Å²) >= 11 is 5.61. The van der Waals surface area contributed by atoms with Gasteiger partial charge in [0.1, 0.15) is 5.75 Å². The number of amides is 1. The van der Waals surface area contributed by atoms with Gasteiger partial charge in [-0.3, -0.25) is 9.36 Å². The molecule has 2 rings (SSSR count). The Balaban J connectivity index is 2.26. The zero-order chi connectivity index (χ0) is 20.0. The lowest BCUT2D eigenvalue weighted by atomic mass is 10.2. The molecule has 0 saturated carbocycles. The molecule has 1 heterocycles. The Hall–Kier alpha value is -2.45. The first-order valence-corrected chi connectivity index (χ1v) is 9.30. The van der Waals surface area contributed by atoms with Crippen molar-refractivity contribution in [3.63, 3.8) is 0 Å². The Kier molecular flexibility index (Phi) is 7.32. The first kappa shape index (κ1) is 20.9. The zero-order valence-electron chi connectivity index (χ0n) is 16.4. The molecule has 7 nitrogen and oxygen atoms in total. The van der Waals surface area contributed by atoms with Gasteiger partial charge in [-0.05, 0) is 50.3 Å². The maximum atomic E-state index is 12.0. The first-order valence-electron chi connectivity index (χ1n) is 8.89. The van der Waals surface area contributed by atoms with E-state index in [1.165, 1.54) is 0 Å². The van der Waals surface area contributed by atoms with E-state index in [-0.39, 0.29) is 11.9 Å². The molecular formula is C19H28N5O2S+. The van der Waals surface area contributed by atoms with Crippen LogP contribution >= 0.6 is 12.2 Å². The van der Waals surface area contributed by atoms with Crippen LogP contribution in [0.1, 0.15) is 13.8 Å². The van der Waals surface area contributed by atoms with Gasteiger partial charge in [0.15, 0.2) is 19.0 Å². The van der Waals surface area contributed by atoms with E-state index in [4.69, 9.17) is 22.1 Å². The van der Waals surface area contributed by atoms with E-state index in [1.807, 2.05) is 49.7 Å². The predicted molar refractivity (Wildman–Crippen MR) is 108 cm³/mol. The van der Waals surface area contributed by atoms with E-state index >= 15 is 0 Å². The summed E-state index contributed by atoms with van der Waals surface area (Å²) in [6.07, 6.45) is 1.79. The fourth-order valence-corrected chi connectivity index (χ4v) is 3.02. The second-order valence-electron chi connectivity index (χ2n) is 6.75. The van der Waals surface area contributed by atoms with Crippen LogP contribution in [0.2, 0.25) is 0 Å². The van der Waals surface area contributed by atoms with Crippen LogP contribution < -0.4 is 15.0 Å². The minimum atomic E-state index is 0.00919. The van der Waals surface area contributed by atoms with Crippen LogP contribution in [0.5, 0.6) is 5.75 Å². The van der Waals surface area contributed by atoms with Crippen molar-refractivity contribution in [1.29, 1.82) is 0 Å². The van der Waals surface area contributed by atoms with E-state index < -0.39 is 0 Å². The van der Waals surface area contributed by atoms with E-state index in [0.717, 1.165) is 22.0 Å². The number of quaternary nitrogens is 1. The Morgan fingerprint density at radius 2 is 2.07 bits per heavy atom. The molecule has 8 heteroatoms. The fraction of sp³-hybridized carbons (Fsp3) is 0.421. The van der Waals surface area contributed by atoms with Crippen LogP contribution in [-0.4, -0.2) is 47.0 Å². The van der Waals surface area contributed by atoms with Crippen molar-refractivity contribution >= 4 is 18.1 Å². The molecule has 1 atom stereocenters. The number of methoxy groups -OCH3 is 1. The Morgan fingerprint density at radius 1 is 1.41 bits per heavy atom. The molecule has 0 radical (unpaired) electrons. The molecular weight excluding hydrogens is 362 g/mol. The summed E-state index contributed by atoms with van der Waals surface area (Å²) < 4.78 is 9.52. The summed E-state index contributed by atoms with van der Waals surface area (Å²) in [5, 5.41) is 7.60. The standard InChI is InChI=1S/C19H27N5O2S/c1-6-11-23-18(15-7-9-16(26-5)10-8-15)21-24(19(23)27)13-22(4)12-17(25)20-14(2)3/h6-10,14H,1,11-13H2,2-5H3,(H,20,25)/p+1. The molecule has 0 fully saturated rings. The molecule has 1 amide bonds. The molecule has 0 aliphatic carbocycles. The van der Waals surface area contributed by atoms with Gasteiger partial charge in [0.2, 0.25) is 4.77 Å². The monoisotopic (exact) mass is 390 g/mol. The number of benzene rings is 1. The maximum Gasteiger partial charge on any atom is 0.275 e. The number of aromatic nitrogens is 3. The maximum absolute atomic E-state index is 12.0. The van der Waals surface area contributed by atoms with Gasteiger partial charge in [0.05, 0.1) is 14.2 Å². The highest BCUT2D eigenvalue weighted by atomic mass is 32.1. The summed E-state index contributed by atoms with van der Waals surface area (Å²) in [4.78, 5) is 13.0. The third kappa shape index (κ3) is 5.51. The summed E-state index contributed by atoms with van der Waals surface area (Å²) in [7, 11) is 3.58. The molecule has 2 N–H and O–H groups in total. The minimum Gasteiger partial charge on any atom is -0.497 e. The van der Waals surface area contributed by atoms with Crippen molar-refractivity contribution in [1.82, 2.24) is 19.7 Å². The number of carbonyl (C=O) groups excluding carboxylic acids is 1. The topological polar surface area (TPSA) is 65.5 Å². The largest absolute Gasteiger partial charge is 0.497 e. The molecule has 1 aromatic carbocycles. The molecule has 0 spiro atoms. The van der Waals surface area contributed by atoms with Crippen LogP contribution in [0.15, 0.2) is 36.9 Å². The van der Waals surface area contributed by atoms with Gasteiger partial charge in [-0.25, -0.2) is 0 Å². The normalized spacial score (nSPS) is 12.0. The molecule has 146 valence electrons. The van der Waals surface area contributed by atoms with E-state index in [0.29, 0.717) is 24.5 Å². The molecule has 0 aliphatic rings. The van der Waals surface area contributed by atoms with Crippen molar-refractivity contribution < 1.29 is 14.4 Å². The van der Waals surface area contributed by atoms with Gasteiger partial charge in [-0.2, -0.15) is 4.68 Å². The van der Waals surface area contributed by atoms with Crippen LogP contribution in [-0.2, 0) is 18.0 Å². The highest BCUT2D eigenvalue weighted by Crippen LogP contribution is 2.21. The number of allylic oxidation sites excluding steroid dienone is 1. The lowest BCUT2D eigenvalue weighted by Crippen LogP contribution is -3.09. The van der Waals surface area contributed by atoms with Crippen LogP contribution in [0, 0.1) is 4.77 Å². The predicted octanol–water partition coefficient (Wildman–Crippen LogP) is 1.27. The van der Waals surface area contributed by atoms with Crippen molar-refractivity contribution in [3.8, 4) is 17.1 Å². The zero-order valence-corrected chi connectivity index (χ0v) is 17.2. The lowest BCUT2D eigenvalue weighted by molar-refractivity contribution is -0.895. The first-order chi connectivity index (χ1) is 12.8. The molecule has 0 saturated heterocycles. The quantitative estimate of drug-likeness (QED) is 0.500. The number of ether oxygens (including phenoxy) is 1. The Bertz CT molecular complexity index is 839. The number of hydrogen-bond acceptors (Lipinski definition) is 4. The van der Waals surface area contributed by atoms with Crippen molar-refractivity contribution in [3.05, 3.63) is 41.7 Å². The molecule has 0 aliphatic heterocycles. The molecule has 1 aromatic heterocycles. The number of likely N-dealkylation sites (N-methyl/N-ethyl adjacent to an activating group) is 1. The van der Waals surface area contributed by atoms with E-state index in [1.54, 1.807) is 17.9 Å². The smallest absolute Gasteiger partial charge is 0.275 e. The third-order valence-corrected chi connectivity index (χ3v) is 4.35. The van der Waals surface area contributed by atoms with Crippen LogP contribution in [0.3, 0.4) is 0 Å². The SMILES string of the molecule is C=CCn1c(-c2ccc(OC)cc2)nn(C[NH+](C)CC(=O)NC(C)C)c1=S. The van der Waals surface area contributed by atoms with Gasteiger partial charge in [-0.1, -0.05) is 6.08 Å². The summed E-state index contributed by atoms with van der Waals surface area (Å²) in [6, 6.07) is 7.81. The third-order valence-electron chi connectivity index (χ3n) is 3.91. The average Bonchev–Trinajstić information content (AvgIpc) is 2.91. The second-order valence-corrected chi connectivity index (χ2v) is 7.11. The van der Waals surface area contributed by atoms with Gasteiger partial charge in [0, 0.05) is 18.2 Å². The lowest BCUT2D eigenvalue weighted by Gasteiger charge is -2.14. The van der Waals surface area contributed by atoms with Crippen molar-refractivity contribution in [2.45, 2.75) is 33.1 Å². The second kappa shape index (κ2) is 9.48. The van der Waals surface area contributed by atoms with Gasteiger partial charge < -0.3 is 15.0 Å². The van der Waals surface area contributed by atoms with E-state index in [2.05, 4.69) is 11.9 Å². The van der Waals surface area contributed by atoms with Crippen LogP contribution in [0.4, 0.5) is 0 Å². The van der Waals surface area contributed by atoms with Gasteiger partial charge in [-0.15, -0.1) is 11.7 Å². The molecule has 1 unspecified atom stereocenters. The van der Waals surface area contributed by atoms with E-state index in [9.17, 15) is 4.79 Å². The number of nitrogens with zero attached hydrogens (tertiary/aromatic N) is 3. The summed E-state index contributed by atoms with van der Waals surface area (Å²) in [5.41, 5.74) is 0.942. The van der Waals surface area contributed by atoms with Gasteiger partial charge >= 0.3 is 0 Å².